The number of hydrogen-bond donors (Lipinski definition) is 0. The second kappa shape index (κ2) is 11.2. The summed E-state index contributed by atoms with van der Waals surface area (Å²) in [5.74, 6) is 0. The van der Waals surface area contributed by atoms with Crippen LogP contribution in [0.4, 0.5) is 17.1 Å². The summed E-state index contributed by atoms with van der Waals surface area (Å²) in [5, 5.41) is 2.46. The summed E-state index contributed by atoms with van der Waals surface area (Å²) >= 11 is 0. The van der Waals surface area contributed by atoms with Crippen LogP contribution in [0, 0.1) is 0 Å². The lowest BCUT2D eigenvalue weighted by atomic mass is 9.67. The van der Waals surface area contributed by atoms with Crippen molar-refractivity contribution in [3.8, 4) is 22.3 Å². The van der Waals surface area contributed by atoms with E-state index in [1.165, 1.54) is 72.1 Å². The highest BCUT2D eigenvalue weighted by Gasteiger charge is 2.48. The first-order valence-electron chi connectivity index (χ1n) is 18.0. The summed E-state index contributed by atoms with van der Waals surface area (Å²) in [7, 11) is 0. The molecule has 0 aliphatic heterocycles. The molecule has 0 atom stereocenters. The maximum absolute atomic E-state index is 2.53. The second-order valence-corrected chi connectivity index (χ2v) is 14.5. The Bertz CT molecular complexity index is 2560. The Morgan fingerprint density at radius 3 is 1.65 bits per heavy atom. The van der Waals surface area contributed by atoms with Gasteiger partial charge in [0.05, 0.1) is 11.1 Å². The van der Waals surface area contributed by atoms with Crippen molar-refractivity contribution < 1.29 is 0 Å². The third kappa shape index (κ3) is 4.15. The Kier molecular flexibility index (Phi) is 6.51. The van der Waals surface area contributed by atoms with Gasteiger partial charge in [0.1, 0.15) is 0 Å². The molecule has 0 N–H and O–H groups in total. The number of nitrogens with zero attached hydrogens (tertiary/aromatic N) is 1. The lowest BCUT2D eigenvalue weighted by molar-refractivity contribution is 0.660. The fraction of sp³-hybridized carbons (Fsp3) is 0.0800. The summed E-state index contributed by atoms with van der Waals surface area (Å²) in [6.07, 6.45) is 0. The molecule has 10 rings (SSSR count). The van der Waals surface area contributed by atoms with Crippen molar-refractivity contribution >= 4 is 27.8 Å². The van der Waals surface area contributed by atoms with E-state index in [0.717, 1.165) is 11.4 Å². The predicted molar refractivity (Wildman–Crippen MR) is 213 cm³/mol. The molecule has 0 aromatic heterocycles. The minimum absolute atomic E-state index is 0.0629. The topological polar surface area (TPSA) is 3.24 Å². The first-order chi connectivity index (χ1) is 25.1. The van der Waals surface area contributed by atoms with Gasteiger partial charge < -0.3 is 4.90 Å². The number of para-hydroxylation sites is 1. The number of hydrogen-bond acceptors (Lipinski definition) is 1. The Morgan fingerprint density at radius 2 is 0.941 bits per heavy atom. The van der Waals surface area contributed by atoms with Gasteiger partial charge in [-0.15, -0.1) is 0 Å². The third-order valence-corrected chi connectivity index (χ3v) is 11.5. The van der Waals surface area contributed by atoms with Crippen LogP contribution in [0.25, 0.3) is 33.0 Å². The molecule has 1 nitrogen and oxygen atoms in total. The van der Waals surface area contributed by atoms with Crippen molar-refractivity contribution in [1.82, 2.24) is 0 Å². The highest BCUT2D eigenvalue weighted by Crippen LogP contribution is 2.61. The minimum Gasteiger partial charge on any atom is -0.309 e. The van der Waals surface area contributed by atoms with Gasteiger partial charge in [-0.1, -0.05) is 172 Å². The fourth-order valence-electron chi connectivity index (χ4n) is 9.30. The molecule has 2 aliphatic carbocycles. The molecule has 0 fully saturated rings. The van der Waals surface area contributed by atoms with Gasteiger partial charge >= 0.3 is 0 Å². The zero-order valence-electron chi connectivity index (χ0n) is 28.8. The molecule has 0 amide bonds. The van der Waals surface area contributed by atoms with Crippen LogP contribution in [-0.2, 0) is 10.8 Å². The molecular weight excluding hydrogens is 615 g/mol. The van der Waals surface area contributed by atoms with Crippen LogP contribution in [0.15, 0.2) is 188 Å². The number of anilines is 3. The van der Waals surface area contributed by atoms with Gasteiger partial charge in [0, 0.05) is 27.7 Å². The molecule has 51 heavy (non-hydrogen) atoms. The zero-order chi connectivity index (χ0) is 34.2. The summed E-state index contributed by atoms with van der Waals surface area (Å²) in [6.45, 7) is 4.71. The molecule has 0 bridgehead atoms. The van der Waals surface area contributed by atoms with E-state index >= 15 is 0 Å². The smallest absolute Gasteiger partial charge is 0.0714 e. The molecule has 0 heterocycles. The zero-order valence-corrected chi connectivity index (χ0v) is 28.8. The van der Waals surface area contributed by atoms with Crippen LogP contribution < -0.4 is 4.90 Å². The molecule has 0 spiro atoms. The SMILES string of the molecule is CC1(C)c2ccccc2-c2cc(N(c3ccccc3)c3c4c(cc5ccccc35)C(c3ccccc3)(c3ccccc3)c3ccccc3-4)ccc21. The van der Waals surface area contributed by atoms with Crippen molar-refractivity contribution in [3.05, 3.63) is 221 Å². The molecule has 0 saturated heterocycles. The van der Waals surface area contributed by atoms with Crippen molar-refractivity contribution in [1.29, 1.82) is 0 Å². The molecule has 0 unspecified atom stereocenters. The largest absolute Gasteiger partial charge is 0.309 e. The maximum Gasteiger partial charge on any atom is 0.0714 e. The number of rotatable bonds is 5. The average Bonchev–Trinajstić information content (AvgIpc) is 3.61. The van der Waals surface area contributed by atoms with E-state index in [0.29, 0.717) is 0 Å². The van der Waals surface area contributed by atoms with E-state index in [4.69, 9.17) is 0 Å². The van der Waals surface area contributed by atoms with Crippen LogP contribution in [0.2, 0.25) is 0 Å². The molecule has 0 saturated carbocycles. The van der Waals surface area contributed by atoms with Crippen LogP contribution in [-0.4, -0.2) is 0 Å². The Morgan fingerprint density at radius 1 is 0.392 bits per heavy atom. The Balaban J connectivity index is 1.35. The van der Waals surface area contributed by atoms with E-state index in [-0.39, 0.29) is 5.41 Å². The number of benzene rings is 8. The van der Waals surface area contributed by atoms with Gasteiger partial charge in [-0.05, 0) is 85.8 Å². The summed E-state index contributed by atoms with van der Waals surface area (Å²) in [5.41, 5.74) is 16.0. The quantitative estimate of drug-likeness (QED) is 0.179. The van der Waals surface area contributed by atoms with Crippen molar-refractivity contribution in [2.45, 2.75) is 24.7 Å². The lowest BCUT2D eigenvalue weighted by Gasteiger charge is -2.35. The highest BCUT2D eigenvalue weighted by molar-refractivity contribution is 6.11. The van der Waals surface area contributed by atoms with Gasteiger partial charge in [-0.25, -0.2) is 0 Å². The minimum atomic E-state index is -0.503. The van der Waals surface area contributed by atoms with Crippen molar-refractivity contribution in [3.63, 3.8) is 0 Å². The van der Waals surface area contributed by atoms with Crippen molar-refractivity contribution in [2.75, 3.05) is 4.90 Å². The summed E-state index contributed by atoms with van der Waals surface area (Å²) in [4.78, 5) is 2.53. The molecule has 242 valence electrons. The number of fused-ring (bicyclic) bond motifs is 7. The fourth-order valence-corrected chi connectivity index (χ4v) is 9.30. The Labute approximate surface area is 300 Å². The van der Waals surface area contributed by atoms with Crippen LogP contribution in [0.3, 0.4) is 0 Å². The molecule has 0 radical (unpaired) electrons. The van der Waals surface area contributed by atoms with E-state index in [1.54, 1.807) is 0 Å². The average molecular weight is 652 g/mol. The molecule has 2 aliphatic rings. The maximum atomic E-state index is 2.53. The van der Waals surface area contributed by atoms with Gasteiger partial charge in [0.25, 0.3) is 0 Å². The standard InChI is InChI=1S/C50H37N/c1-49(2)43-28-16-14-26-40(43)42-33-38(30-31-44(42)49)51(37-23-10-5-11-24-37)48-39-25-13-12-18-34(39)32-46-47(48)41-27-15-17-29-45(41)50(46,35-19-6-3-7-20-35)36-21-8-4-9-22-36/h3-33H,1-2H3. The summed E-state index contributed by atoms with van der Waals surface area (Å²) in [6, 6.07) is 69.8. The first kappa shape index (κ1) is 29.7. The first-order valence-corrected chi connectivity index (χ1v) is 18.0. The second-order valence-electron chi connectivity index (χ2n) is 14.5. The van der Waals surface area contributed by atoms with Gasteiger partial charge in [-0.2, -0.15) is 0 Å². The monoisotopic (exact) mass is 651 g/mol. The third-order valence-electron chi connectivity index (χ3n) is 11.5. The normalized spacial score (nSPS) is 14.4. The van der Waals surface area contributed by atoms with E-state index in [2.05, 4.69) is 207 Å². The van der Waals surface area contributed by atoms with E-state index in [9.17, 15) is 0 Å². The van der Waals surface area contributed by atoms with Gasteiger partial charge in [0.15, 0.2) is 0 Å². The molecular formula is C50H37N. The molecule has 8 aromatic carbocycles. The molecule has 1 heteroatoms. The van der Waals surface area contributed by atoms with Crippen molar-refractivity contribution in [2.24, 2.45) is 0 Å². The van der Waals surface area contributed by atoms with Crippen LogP contribution in [0.1, 0.15) is 47.2 Å². The highest BCUT2D eigenvalue weighted by atomic mass is 15.1. The Hall–Kier alpha value is -6.18. The van der Waals surface area contributed by atoms with E-state index in [1.807, 2.05) is 0 Å². The van der Waals surface area contributed by atoms with Crippen LogP contribution >= 0.6 is 0 Å². The van der Waals surface area contributed by atoms with E-state index < -0.39 is 5.41 Å². The lowest BCUT2D eigenvalue weighted by Crippen LogP contribution is -2.28. The van der Waals surface area contributed by atoms with Crippen LogP contribution in [0.5, 0.6) is 0 Å². The van der Waals surface area contributed by atoms with Gasteiger partial charge in [-0.3, -0.25) is 0 Å². The predicted octanol–water partition coefficient (Wildman–Crippen LogP) is 13.0. The van der Waals surface area contributed by atoms with Gasteiger partial charge in [0.2, 0.25) is 0 Å². The molecule has 8 aromatic rings. The summed E-state index contributed by atoms with van der Waals surface area (Å²) < 4.78 is 0.